The van der Waals surface area contributed by atoms with Crippen molar-refractivity contribution in [2.24, 2.45) is 0 Å². The molecule has 31 heavy (non-hydrogen) atoms. The Labute approximate surface area is 178 Å². The van der Waals surface area contributed by atoms with E-state index in [0.29, 0.717) is 32.0 Å². The number of alkyl halides is 3. The average Bonchev–Trinajstić information content (AvgIpc) is 3.17. The molecule has 0 fully saturated rings. The average molecular weight is 445 g/mol. The molecule has 0 saturated heterocycles. The van der Waals surface area contributed by atoms with E-state index < -0.39 is 12.1 Å². The van der Waals surface area contributed by atoms with E-state index in [0.717, 1.165) is 11.3 Å². The molecule has 0 aliphatic carbocycles. The number of thiophene rings is 1. The summed E-state index contributed by atoms with van der Waals surface area (Å²) in [6.45, 7) is 0. The second-order valence-corrected chi connectivity index (χ2v) is 7.40. The molecule has 0 aliphatic heterocycles. The van der Waals surface area contributed by atoms with Crippen LogP contribution in [0.15, 0.2) is 54.6 Å². The van der Waals surface area contributed by atoms with E-state index in [9.17, 15) is 18.0 Å². The van der Waals surface area contributed by atoms with Crippen molar-refractivity contribution in [1.82, 2.24) is 9.97 Å². The standard InChI is InChI=1S/C21H14F3N3O3S/c1-29-15-8-3-2-7-13(15)17(28)16-10-14-18(25)26-19(27-20(14)31-16)11-5-4-6-12(9-11)30-21(22,23)24/h2-10H,1H3,(H2,25,26,27). The number of hydrogen-bond donors (Lipinski definition) is 1. The molecular formula is C21H14F3N3O3S. The Morgan fingerprint density at radius 3 is 2.58 bits per heavy atom. The number of benzene rings is 2. The molecule has 10 heteroatoms. The summed E-state index contributed by atoms with van der Waals surface area (Å²) in [6.07, 6.45) is -4.82. The summed E-state index contributed by atoms with van der Waals surface area (Å²) < 4.78 is 46.7. The van der Waals surface area contributed by atoms with Crippen LogP contribution in [0.4, 0.5) is 19.0 Å². The van der Waals surface area contributed by atoms with E-state index >= 15 is 0 Å². The zero-order valence-corrected chi connectivity index (χ0v) is 16.8. The molecule has 4 aromatic rings. The highest BCUT2D eigenvalue weighted by molar-refractivity contribution is 7.20. The molecule has 0 amide bonds. The molecule has 0 spiro atoms. The molecule has 0 radical (unpaired) electrons. The smallest absolute Gasteiger partial charge is 0.496 e. The van der Waals surface area contributed by atoms with Gasteiger partial charge in [0.05, 0.1) is 22.9 Å². The summed E-state index contributed by atoms with van der Waals surface area (Å²) in [7, 11) is 1.48. The van der Waals surface area contributed by atoms with Crippen molar-refractivity contribution in [3.05, 3.63) is 65.0 Å². The number of methoxy groups -OCH3 is 1. The van der Waals surface area contributed by atoms with Crippen LogP contribution in [-0.2, 0) is 0 Å². The summed E-state index contributed by atoms with van der Waals surface area (Å²) >= 11 is 1.11. The molecule has 0 saturated carbocycles. The van der Waals surface area contributed by atoms with Crippen LogP contribution in [0.3, 0.4) is 0 Å². The van der Waals surface area contributed by atoms with Gasteiger partial charge in [-0.05, 0) is 30.3 Å². The van der Waals surface area contributed by atoms with Gasteiger partial charge >= 0.3 is 6.36 Å². The number of nitrogen functional groups attached to an aromatic ring is 1. The number of anilines is 1. The van der Waals surface area contributed by atoms with Crippen LogP contribution in [0.5, 0.6) is 11.5 Å². The molecule has 2 aromatic carbocycles. The van der Waals surface area contributed by atoms with E-state index in [1.165, 1.54) is 25.3 Å². The van der Waals surface area contributed by atoms with Crippen LogP contribution in [0.2, 0.25) is 0 Å². The second-order valence-electron chi connectivity index (χ2n) is 6.37. The number of halogens is 3. The number of fused-ring (bicyclic) bond motifs is 1. The predicted molar refractivity (Wildman–Crippen MR) is 110 cm³/mol. The summed E-state index contributed by atoms with van der Waals surface area (Å²) in [6, 6.07) is 13.7. The molecule has 158 valence electrons. The number of ketones is 1. The highest BCUT2D eigenvalue weighted by Crippen LogP contribution is 2.33. The summed E-state index contributed by atoms with van der Waals surface area (Å²) in [5, 5.41) is 0.481. The molecule has 0 unspecified atom stereocenters. The first-order chi connectivity index (χ1) is 14.7. The molecule has 2 aromatic heterocycles. The highest BCUT2D eigenvalue weighted by Gasteiger charge is 2.31. The number of rotatable bonds is 5. The Hall–Kier alpha value is -3.66. The zero-order chi connectivity index (χ0) is 22.2. The van der Waals surface area contributed by atoms with E-state index in [-0.39, 0.29) is 17.4 Å². The van der Waals surface area contributed by atoms with Crippen molar-refractivity contribution in [3.63, 3.8) is 0 Å². The largest absolute Gasteiger partial charge is 0.573 e. The van der Waals surface area contributed by atoms with Gasteiger partial charge in [-0.3, -0.25) is 4.79 Å². The van der Waals surface area contributed by atoms with Gasteiger partial charge in [0.1, 0.15) is 22.1 Å². The first-order valence-electron chi connectivity index (χ1n) is 8.86. The maximum absolute atomic E-state index is 13.0. The Balaban J connectivity index is 1.74. The van der Waals surface area contributed by atoms with Gasteiger partial charge in [0.25, 0.3) is 0 Å². The van der Waals surface area contributed by atoms with Crippen LogP contribution in [-0.4, -0.2) is 29.2 Å². The lowest BCUT2D eigenvalue weighted by Gasteiger charge is -2.09. The SMILES string of the molecule is COc1ccccc1C(=O)c1cc2c(N)nc(-c3cccc(OC(F)(F)F)c3)nc2s1. The molecular weight excluding hydrogens is 431 g/mol. The maximum atomic E-state index is 13.0. The number of para-hydroxylation sites is 1. The monoisotopic (exact) mass is 445 g/mol. The van der Waals surface area contributed by atoms with Gasteiger partial charge < -0.3 is 15.2 Å². The van der Waals surface area contributed by atoms with Gasteiger partial charge in [-0.25, -0.2) is 9.97 Å². The number of aromatic nitrogens is 2. The van der Waals surface area contributed by atoms with E-state index in [1.807, 2.05) is 0 Å². The highest BCUT2D eigenvalue weighted by atomic mass is 32.1. The Kier molecular flexibility index (Phi) is 5.24. The first-order valence-corrected chi connectivity index (χ1v) is 9.68. The Morgan fingerprint density at radius 2 is 1.84 bits per heavy atom. The molecule has 0 atom stereocenters. The van der Waals surface area contributed by atoms with E-state index in [4.69, 9.17) is 10.5 Å². The molecule has 2 heterocycles. The summed E-state index contributed by atoms with van der Waals surface area (Å²) in [5.74, 6) is 0.00637. The lowest BCUT2D eigenvalue weighted by Crippen LogP contribution is -2.17. The fourth-order valence-electron chi connectivity index (χ4n) is 2.98. The fourth-order valence-corrected chi connectivity index (χ4v) is 3.98. The third-order valence-corrected chi connectivity index (χ3v) is 5.35. The zero-order valence-electron chi connectivity index (χ0n) is 15.9. The number of nitrogens with zero attached hydrogens (tertiary/aromatic N) is 2. The van der Waals surface area contributed by atoms with Gasteiger partial charge in [0.15, 0.2) is 5.82 Å². The Bertz CT molecular complexity index is 1290. The lowest BCUT2D eigenvalue weighted by molar-refractivity contribution is -0.274. The molecule has 0 aliphatic rings. The van der Waals surface area contributed by atoms with Crippen LogP contribution in [0, 0.1) is 0 Å². The van der Waals surface area contributed by atoms with Gasteiger partial charge in [-0.2, -0.15) is 0 Å². The van der Waals surface area contributed by atoms with Crippen molar-refractivity contribution < 1.29 is 27.4 Å². The van der Waals surface area contributed by atoms with Crippen LogP contribution in [0.1, 0.15) is 15.2 Å². The molecule has 2 N–H and O–H groups in total. The van der Waals surface area contributed by atoms with E-state index in [2.05, 4.69) is 14.7 Å². The van der Waals surface area contributed by atoms with Gasteiger partial charge in [0, 0.05) is 5.56 Å². The first kappa shape index (κ1) is 20.6. The number of carbonyl (C=O) groups excluding carboxylic acids is 1. The topological polar surface area (TPSA) is 87.3 Å². The van der Waals surface area contributed by atoms with Crippen molar-refractivity contribution in [2.45, 2.75) is 6.36 Å². The number of carbonyl (C=O) groups is 1. The number of ether oxygens (including phenoxy) is 2. The predicted octanol–water partition coefficient (Wildman–Crippen LogP) is 5.08. The van der Waals surface area contributed by atoms with Gasteiger partial charge in [0.2, 0.25) is 5.78 Å². The quantitative estimate of drug-likeness (QED) is 0.431. The minimum Gasteiger partial charge on any atom is -0.496 e. The number of nitrogens with two attached hydrogens (primary N) is 1. The minimum absolute atomic E-state index is 0.109. The van der Waals surface area contributed by atoms with Crippen molar-refractivity contribution >= 4 is 33.2 Å². The molecule has 0 bridgehead atoms. The van der Waals surface area contributed by atoms with E-state index in [1.54, 1.807) is 36.4 Å². The second kappa shape index (κ2) is 7.88. The van der Waals surface area contributed by atoms with Gasteiger partial charge in [-0.15, -0.1) is 24.5 Å². The maximum Gasteiger partial charge on any atom is 0.573 e. The lowest BCUT2D eigenvalue weighted by atomic mass is 10.1. The van der Waals surface area contributed by atoms with Gasteiger partial charge in [-0.1, -0.05) is 24.3 Å². The summed E-state index contributed by atoms with van der Waals surface area (Å²) in [5.41, 5.74) is 6.73. The Morgan fingerprint density at radius 1 is 1.06 bits per heavy atom. The third kappa shape index (κ3) is 4.29. The van der Waals surface area contributed by atoms with Crippen LogP contribution >= 0.6 is 11.3 Å². The number of hydrogen-bond acceptors (Lipinski definition) is 7. The summed E-state index contributed by atoms with van der Waals surface area (Å²) in [4.78, 5) is 22.4. The fraction of sp³-hybridized carbons (Fsp3) is 0.0952. The van der Waals surface area contributed by atoms with Crippen molar-refractivity contribution in [1.29, 1.82) is 0 Å². The van der Waals surface area contributed by atoms with Crippen LogP contribution < -0.4 is 15.2 Å². The normalized spacial score (nSPS) is 11.5. The van der Waals surface area contributed by atoms with Crippen molar-refractivity contribution in [2.75, 3.05) is 12.8 Å². The minimum atomic E-state index is -4.82. The third-order valence-electron chi connectivity index (χ3n) is 4.32. The molecule has 6 nitrogen and oxygen atoms in total. The van der Waals surface area contributed by atoms with Crippen LogP contribution in [0.25, 0.3) is 21.6 Å². The van der Waals surface area contributed by atoms with Crippen molar-refractivity contribution in [3.8, 4) is 22.9 Å². The molecule has 4 rings (SSSR count).